The molecule has 0 atom stereocenters. The van der Waals surface area contributed by atoms with Crippen molar-refractivity contribution in [2.24, 2.45) is 0 Å². The molecule has 0 bridgehead atoms. The Morgan fingerprint density at radius 2 is 2.14 bits per heavy atom. The molecule has 1 N–H and O–H groups in total. The summed E-state index contributed by atoms with van der Waals surface area (Å²) in [5.41, 5.74) is -0.0584. The van der Waals surface area contributed by atoms with Crippen LogP contribution >= 0.6 is 11.8 Å². The molecule has 2 aromatic rings. The molecule has 0 saturated heterocycles. The number of carboxylic acid groups (broad SMARTS) is 1. The fourth-order valence-corrected chi connectivity index (χ4v) is 3.23. The van der Waals surface area contributed by atoms with Gasteiger partial charge in [-0.25, -0.2) is 9.18 Å². The molecular formula is C14H14FN3O2S. The van der Waals surface area contributed by atoms with Gasteiger partial charge in [-0.15, -0.1) is 10.2 Å². The van der Waals surface area contributed by atoms with Gasteiger partial charge >= 0.3 is 5.97 Å². The molecule has 0 fully saturated rings. The van der Waals surface area contributed by atoms with E-state index in [9.17, 15) is 9.18 Å². The number of carbonyl (C=O) groups is 1. The molecule has 5 nitrogen and oxygen atoms in total. The van der Waals surface area contributed by atoms with E-state index < -0.39 is 11.8 Å². The predicted octanol–water partition coefficient (Wildman–Crippen LogP) is 2.99. The van der Waals surface area contributed by atoms with Crippen LogP contribution in [0.3, 0.4) is 0 Å². The lowest BCUT2D eigenvalue weighted by Crippen LogP contribution is -2.02. The van der Waals surface area contributed by atoms with Gasteiger partial charge < -0.3 is 9.67 Å². The molecular weight excluding hydrogens is 293 g/mol. The summed E-state index contributed by atoms with van der Waals surface area (Å²) in [4.78, 5) is 11.2. The SMILES string of the molecule is O=C(O)c1ccc(Sc2nnc3n2CCCCC3)c(F)c1. The van der Waals surface area contributed by atoms with E-state index in [0.29, 0.717) is 10.1 Å². The third kappa shape index (κ3) is 2.92. The first-order valence-electron chi connectivity index (χ1n) is 6.78. The Morgan fingerprint density at radius 3 is 2.90 bits per heavy atom. The van der Waals surface area contributed by atoms with E-state index in [4.69, 9.17) is 5.11 Å². The van der Waals surface area contributed by atoms with Crippen molar-refractivity contribution in [1.82, 2.24) is 14.8 Å². The molecule has 21 heavy (non-hydrogen) atoms. The van der Waals surface area contributed by atoms with Crippen LogP contribution in [0.15, 0.2) is 28.3 Å². The van der Waals surface area contributed by atoms with Crippen molar-refractivity contribution in [1.29, 1.82) is 0 Å². The normalized spacial score (nSPS) is 14.5. The van der Waals surface area contributed by atoms with E-state index in [1.807, 2.05) is 4.57 Å². The summed E-state index contributed by atoms with van der Waals surface area (Å²) in [5.74, 6) is -0.745. The maximum absolute atomic E-state index is 14.0. The van der Waals surface area contributed by atoms with E-state index in [1.165, 1.54) is 23.9 Å². The van der Waals surface area contributed by atoms with Gasteiger partial charge in [0.15, 0.2) is 5.16 Å². The Balaban J connectivity index is 1.87. The number of nitrogens with zero attached hydrogens (tertiary/aromatic N) is 3. The van der Waals surface area contributed by atoms with Gasteiger partial charge in [0.05, 0.1) is 10.5 Å². The average Bonchev–Trinajstić information content (AvgIpc) is 2.69. The Bertz CT molecular complexity index is 687. The Hall–Kier alpha value is -1.89. The highest BCUT2D eigenvalue weighted by atomic mass is 32.2. The van der Waals surface area contributed by atoms with Gasteiger partial charge in [0, 0.05) is 13.0 Å². The van der Waals surface area contributed by atoms with Crippen LogP contribution in [0.5, 0.6) is 0 Å². The van der Waals surface area contributed by atoms with Crippen molar-refractivity contribution in [2.75, 3.05) is 0 Å². The molecule has 0 saturated carbocycles. The first-order chi connectivity index (χ1) is 10.1. The first-order valence-corrected chi connectivity index (χ1v) is 7.59. The molecule has 0 aliphatic carbocycles. The molecule has 2 heterocycles. The van der Waals surface area contributed by atoms with Gasteiger partial charge in [-0.2, -0.15) is 0 Å². The number of aromatic nitrogens is 3. The molecule has 1 aromatic heterocycles. The predicted molar refractivity (Wildman–Crippen MR) is 75.1 cm³/mol. The number of aromatic carboxylic acids is 1. The van der Waals surface area contributed by atoms with Crippen molar-refractivity contribution >= 4 is 17.7 Å². The summed E-state index contributed by atoms with van der Waals surface area (Å²) in [5, 5.41) is 17.8. The second-order valence-electron chi connectivity index (χ2n) is 4.91. The Kier molecular flexibility index (Phi) is 3.92. The lowest BCUT2D eigenvalue weighted by molar-refractivity contribution is 0.0696. The van der Waals surface area contributed by atoms with Gasteiger partial charge in [-0.1, -0.05) is 6.42 Å². The van der Waals surface area contributed by atoms with E-state index in [0.717, 1.165) is 44.1 Å². The molecule has 0 spiro atoms. The second kappa shape index (κ2) is 5.85. The number of hydrogen-bond donors (Lipinski definition) is 1. The average molecular weight is 307 g/mol. The van der Waals surface area contributed by atoms with Crippen molar-refractivity contribution in [3.63, 3.8) is 0 Å². The Morgan fingerprint density at radius 1 is 1.29 bits per heavy atom. The quantitative estimate of drug-likeness (QED) is 0.944. The van der Waals surface area contributed by atoms with Crippen LogP contribution in [0.25, 0.3) is 0 Å². The highest BCUT2D eigenvalue weighted by Gasteiger charge is 2.17. The fraction of sp³-hybridized carbons (Fsp3) is 0.357. The molecule has 1 aliphatic rings. The summed E-state index contributed by atoms with van der Waals surface area (Å²) < 4.78 is 16.0. The van der Waals surface area contributed by atoms with Crippen LogP contribution in [0, 0.1) is 5.82 Å². The van der Waals surface area contributed by atoms with E-state index in [2.05, 4.69) is 10.2 Å². The minimum Gasteiger partial charge on any atom is -0.478 e. The number of benzene rings is 1. The van der Waals surface area contributed by atoms with Crippen molar-refractivity contribution in [2.45, 2.75) is 42.3 Å². The van der Waals surface area contributed by atoms with E-state index >= 15 is 0 Å². The third-order valence-electron chi connectivity index (χ3n) is 3.46. The van der Waals surface area contributed by atoms with E-state index in [1.54, 1.807) is 0 Å². The summed E-state index contributed by atoms with van der Waals surface area (Å²) >= 11 is 1.19. The molecule has 110 valence electrons. The number of carboxylic acids is 1. The minimum absolute atomic E-state index is 0.0584. The number of rotatable bonds is 3. The standard InChI is InChI=1S/C14H14FN3O2S/c15-10-8-9(13(19)20)5-6-11(10)21-14-17-16-12-4-2-1-3-7-18(12)14/h5-6,8H,1-4,7H2,(H,19,20). The second-order valence-corrected chi connectivity index (χ2v) is 5.92. The maximum Gasteiger partial charge on any atom is 0.335 e. The van der Waals surface area contributed by atoms with Crippen LogP contribution in [0.2, 0.25) is 0 Å². The largest absolute Gasteiger partial charge is 0.478 e. The zero-order valence-corrected chi connectivity index (χ0v) is 12.1. The van der Waals surface area contributed by atoms with Gasteiger partial charge in [0.1, 0.15) is 11.6 Å². The van der Waals surface area contributed by atoms with Gasteiger partial charge in [-0.05, 0) is 42.8 Å². The van der Waals surface area contributed by atoms with Crippen LogP contribution in [-0.4, -0.2) is 25.8 Å². The topological polar surface area (TPSA) is 68.0 Å². The summed E-state index contributed by atoms with van der Waals surface area (Å²) in [7, 11) is 0. The zero-order valence-electron chi connectivity index (χ0n) is 11.3. The number of hydrogen-bond acceptors (Lipinski definition) is 4. The minimum atomic E-state index is -1.14. The molecule has 1 aliphatic heterocycles. The molecule has 7 heteroatoms. The zero-order chi connectivity index (χ0) is 14.8. The third-order valence-corrected chi connectivity index (χ3v) is 4.49. The highest BCUT2D eigenvalue weighted by Crippen LogP contribution is 2.30. The highest BCUT2D eigenvalue weighted by molar-refractivity contribution is 7.99. The molecule has 1 aromatic carbocycles. The van der Waals surface area contributed by atoms with Crippen molar-refractivity contribution in [3.05, 3.63) is 35.4 Å². The number of aryl methyl sites for hydroxylation is 1. The lowest BCUT2D eigenvalue weighted by atomic mass is 10.2. The summed E-state index contributed by atoms with van der Waals surface area (Å²) in [6.45, 7) is 0.847. The lowest BCUT2D eigenvalue weighted by Gasteiger charge is -2.07. The van der Waals surface area contributed by atoms with Gasteiger partial charge in [-0.3, -0.25) is 0 Å². The summed E-state index contributed by atoms with van der Waals surface area (Å²) in [6, 6.07) is 3.90. The molecule has 0 amide bonds. The maximum atomic E-state index is 14.0. The molecule has 0 radical (unpaired) electrons. The monoisotopic (exact) mass is 307 g/mol. The summed E-state index contributed by atoms with van der Waals surface area (Å²) in [6.07, 6.45) is 4.23. The molecule has 3 rings (SSSR count). The van der Waals surface area contributed by atoms with Crippen LogP contribution in [0.1, 0.15) is 35.4 Å². The van der Waals surface area contributed by atoms with Crippen LogP contribution in [0.4, 0.5) is 4.39 Å². The van der Waals surface area contributed by atoms with E-state index in [-0.39, 0.29) is 5.56 Å². The fourth-order valence-electron chi connectivity index (χ4n) is 2.35. The number of fused-ring (bicyclic) bond motifs is 1. The van der Waals surface area contributed by atoms with Crippen molar-refractivity contribution in [3.8, 4) is 0 Å². The van der Waals surface area contributed by atoms with Gasteiger partial charge in [0.2, 0.25) is 0 Å². The Labute approximate surface area is 125 Å². The van der Waals surface area contributed by atoms with Crippen molar-refractivity contribution < 1.29 is 14.3 Å². The smallest absolute Gasteiger partial charge is 0.335 e. The molecule has 0 unspecified atom stereocenters. The van der Waals surface area contributed by atoms with Crippen LogP contribution in [-0.2, 0) is 13.0 Å². The van der Waals surface area contributed by atoms with Gasteiger partial charge in [0.25, 0.3) is 0 Å². The number of halogens is 1. The first kappa shape index (κ1) is 14.1. The van der Waals surface area contributed by atoms with Crippen LogP contribution < -0.4 is 0 Å².